The van der Waals surface area contributed by atoms with Gasteiger partial charge in [0.1, 0.15) is 7.85 Å². The summed E-state index contributed by atoms with van der Waals surface area (Å²) in [5.74, 6) is 0. The third-order valence-corrected chi connectivity index (χ3v) is 3.29. The van der Waals surface area contributed by atoms with Gasteiger partial charge in [0.15, 0.2) is 0 Å². The summed E-state index contributed by atoms with van der Waals surface area (Å²) in [6.45, 7) is 0. The summed E-state index contributed by atoms with van der Waals surface area (Å²) < 4.78 is 0. The van der Waals surface area contributed by atoms with E-state index in [0.717, 1.165) is 16.8 Å². The van der Waals surface area contributed by atoms with Gasteiger partial charge in [-0.2, -0.15) is 0 Å². The van der Waals surface area contributed by atoms with Crippen LogP contribution >= 0.6 is 0 Å². The van der Waals surface area contributed by atoms with Crippen LogP contribution in [-0.4, -0.2) is 12.8 Å². The zero-order valence-corrected chi connectivity index (χ0v) is 10.9. The van der Waals surface area contributed by atoms with Crippen LogP contribution in [0.4, 0.5) is 0 Å². The predicted octanol–water partition coefficient (Wildman–Crippen LogP) is 2.67. The molecule has 0 amide bonds. The molecule has 0 saturated heterocycles. The molecule has 3 rings (SSSR count). The Morgan fingerprint density at radius 2 is 1.42 bits per heavy atom. The molecule has 0 saturated carbocycles. The first kappa shape index (κ1) is 11.7. The molecule has 0 spiro atoms. The third-order valence-electron chi connectivity index (χ3n) is 3.29. The van der Waals surface area contributed by atoms with Crippen molar-refractivity contribution in [1.29, 1.82) is 0 Å². The van der Waals surface area contributed by atoms with Gasteiger partial charge in [-0.05, 0) is 17.2 Å². The molecule has 3 aromatic rings. The molecular weight excluding hydrogens is 229 g/mol. The van der Waals surface area contributed by atoms with Crippen molar-refractivity contribution in [2.75, 3.05) is 0 Å². The Kier molecular flexibility index (Phi) is 3.15. The van der Waals surface area contributed by atoms with Crippen molar-refractivity contribution in [2.24, 2.45) is 0 Å². The van der Waals surface area contributed by atoms with Gasteiger partial charge in [-0.1, -0.05) is 66.1 Å². The molecule has 0 aliphatic heterocycles. The Morgan fingerprint density at radius 3 is 2.11 bits per heavy atom. The minimum atomic E-state index is 1.01. The highest BCUT2D eigenvalue weighted by Crippen LogP contribution is 2.20. The molecule has 2 aromatic carbocycles. The van der Waals surface area contributed by atoms with E-state index in [1.54, 1.807) is 0 Å². The molecular formula is C17H14BN. The molecule has 2 heteroatoms. The van der Waals surface area contributed by atoms with Crippen LogP contribution in [0.5, 0.6) is 0 Å². The first-order valence-corrected chi connectivity index (χ1v) is 6.42. The highest BCUT2D eigenvalue weighted by atomic mass is 14.7. The van der Waals surface area contributed by atoms with Crippen molar-refractivity contribution in [1.82, 2.24) is 4.98 Å². The number of hydrogen-bond acceptors (Lipinski definition) is 1. The van der Waals surface area contributed by atoms with E-state index in [2.05, 4.69) is 61.4 Å². The zero-order valence-electron chi connectivity index (χ0n) is 10.9. The lowest BCUT2D eigenvalue weighted by Gasteiger charge is -2.06. The fourth-order valence-electron chi connectivity index (χ4n) is 2.23. The van der Waals surface area contributed by atoms with Crippen LogP contribution in [0, 0.1) is 0 Å². The van der Waals surface area contributed by atoms with Gasteiger partial charge >= 0.3 is 0 Å². The lowest BCUT2D eigenvalue weighted by atomic mass is 9.88. The maximum absolute atomic E-state index is 4.57. The molecule has 1 heterocycles. The van der Waals surface area contributed by atoms with E-state index >= 15 is 0 Å². The van der Waals surface area contributed by atoms with Crippen LogP contribution in [0.15, 0.2) is 72.9 Å². The second kappa shape index (κ2) is 5.11. The minimum Gasteiger partial charge on any atom is -0.256 e. The van der Waals surface area contributed by atoms with E-state index in [9.17, 15) is 0 Å². The highest BCUT2D eigenvalue weighted by Gasteiger charge is 2.02. The second-order valence-corrected chi connectivity index (χ2v) is 4.61. The standard InChI is InChI=1S/C17H14BN/c18-16-9-5-4-8-15(16)14-10-11-17(19-12-14)13-6-2-1-3-7-13/h1-12H,18H2. The maximum atomic E-state index is 4.57. The summed E-state index contributed by atoms with van der Waals surface area (Å²) in [5.41, 5.74) is 5.85. The molecule has 0 radical (unpaired) electrons. The molecule has 0 N–H and O–H groups in total. The summed E-state index contributed by atoms with van der Waals surface area (Å²) in [7, 11) is 2.13. The van der Waals surface area contributed by atoms with E-state index < -0.39 is 0 Å². The van der Waals surface area contributed by atoms with E-state index in [1.807, 2.05) is 24.4 Å². The van der Waals surface area contributed by atoms with Gasteiger partial charge in [0.05, 0.1) is 5.69 Å². The van der Waals surface area contributed by atoms with E-state index in [4.69, 9.17) is 0 Å². The average Bonchev–Trinajstić information content (AvgIpc) is 2.49. The second-order valence-electron chi connectivity index (χ2n) is 4.61. The fraction of sp³-hybridized carbons (Fsp3) is 0. The van der Waals surface area contributed by atoms with Crippen molar-refractivity contribution in [3.63, 3.8) is 0 Å². The molecule has 0 aliphatic rings. The number of nitrogens with zero attached hydrogens (tertiary/aromatic N) is 1. The van der Waals surface area contributed by atoms with Crippen molar-refractivity contribution < 1.29 is 0 Å². The van der Waals surface area contributed by atoms with Crippen molar-refractivity contribution in [3.8, 4) is 22.4 Å². The zero-order chi connectivity index (χ0) is 13.1. The summed E-state index contributed by atoms with van der Waals surface area (Å²) >= 11 is 0. The Morgan fingerprint density at radius 1 is 0.684 bits per heavy atom. The highest BCUT2D eigenvalue weighted by molar-refractivity contribution is 6.35. The number of hydrogen-bond donors (Lipinski definition) is 0. The Hall–Kier alpha value is -2.35. The molecule has 0 bridgehead atoms. The predicted molar refractivity (Wildman–Crippen MR) is 83.3 cm³/mol. The van der Waals surface area contributed by atoms with Crippen LogP contribution in [0.1, 0.15) is 0 Å². The van der Waals surface area contributed by atoms with Gasteiger partial charge in [0, 0.05) is 11.8 Å². The topological polar surface area (TPSA) is 12.9 Å². The normalized spacial score (nSPS) is 10.3. The van der Waals surface area contributed by atoms with Crippen molar-refractivity contribution in [2.45, 2.75) is 0 Å². The first-order chi connectivity index (χ1) is 9.34. The maximum Gasteiger partial charge on any atom is 0.140 e. The SMILES string of the molecule is Bc1ccccc1-c1ccc(-c2ccccc2)nc1. The largest absolute Gasteiger partial charge is 0.256 e. The van der Waals surface area contributed by atoms with Crippen LogP contribution in [0.25, 0.3) is 22.4 Å². The molecule has 0 aliphatic carbocycles. The van der Waals surface area contributed by atoms with Gasteiger partial charge in [0.2, 0.25) is 0 Å². The van der Waals surface area contributed by atoms with Gasteiger partial charge in [-0.15, -0.1) is 0 Å². The monoisotopic (exact) mass is 243 g/mol. The molecule has 1 aromatic heterocycles. The summed E-state index contributed by atoms with van der Waals surface area (Å²) in [4.78, 5) is 4.57. The summed E-state index contributed by atoms with van der Waals surface area (Å²) in [6.07, 6.45) is 1.95. The lowest BCUT2D eigenvalue weighted by molar-refractivity contribution is 1.33. The molecule has 1 nitrogen and oxygen atoms in total. The van der Waals surface area contributed by atoms with Crippen molar-refractivity contribution >= 4 is 13.3 Å². The molecule has 90 valence electrons. The Balaban J connectivity index is 1.98. The van der Waals surface area contributed by atoms with Gasteiger partial charge < -0.3 is 0 Å². The number of benzene rings is 2. The molecule has 0 atom stereocenters. The first-order valence-electron chi connectivity index (χ1n) is 6.42. The quantitative estimate of drug-likeness (QED) is 0.630. The molecule has 0 unspecified atom stereocenters. The average molecular weight is 243 g/mol. The summed E-state index contributed by atoms with van der Waals surface area (Å²) in [5, 5.41) is 0. The van der Waals surface area contributed by atoms with Gasteiger partial charge in [-0.25, -0.2) is 0 Å². The van der Waals surface area contributed by atoms with Crippen LogP contribution in [0.3, 0.4) is 0 Å². The van der Waals surface area contributed by atoms with Crippen molar-refractivity contribution in [3.05, 3.63) is 72.9 Å². The number of aromatic nitrogens is 1. The molecule has 19 heavy (non-hydrogen) atoms. The Labute approximate surface area is 114 Å². The summed E-state index contributed by atoms with van der Waals surface area (Å²) in [6, 6.07) is 22.8. The van der Waals surface area contributed by atoms with Gasteiger partial charge in [-0.3, -0.25) is 4.98 Å². The van der Waals surface area contributed by atoms with E-state index in [0.29, 0.717) is 0 Å². The number of rotatable bonds is 2. The minimum absolute atomic E-state index is 1.01. The fourth-order valence-corrected chi connectivity index (χ4v) is 2.23. The third kappa shape index (κ3) is 2.43. The van der Waals surface area contributed by atoms with Crippen LogP contribution < -0.4 is 5.46 Å². The Bertz CT molecular complexity index is 675. The van der Waals surface area contributed by atoms with Crippen LogP contribution in [-0.2, 0) is 0 Å². The van der Waals surface area contributed by atoms with Gasteiger partial charge in [0.25, 0.3) is 0 Å². The molecule has 0 fully saturated rings. The van der Waals surface area contributed by atoms with E-state index in [1.165, 1.54) is 11.0 Å². The smallest absolute Gasteiger partial charge is 0.140 e. The van der Waals surface area contributed by atoms with Crippen LogP contribution in [0.2, 0.25) is 0 Å². The number of pyridine rings is 1. The lowest BCUT2D eigenvalue weighted by Crippen LogP contribution is -2.05. The van der Waals surface area contributed by atoms with E-state index in [-0.39, 0.29) is 0 Å².